The molecule has 0 spiro atoms. The number of rotatable bonds is 0. The lowest BCUT2D eigenvalue weighted by atomic mass is 11.8. The second kappa shape index (κ2) is 1.88. The van der Waals surface area contributed by atoms with E-state index in [1.54, 1.807) is 0 Å². The van der Waals surface area contributed by atoms with Gasteiger partial charge in [-0.1, -0.05) is 21.4 Å². The van der Waals surface area contributed by atoms with Gasteiger partial charge in [-0.2, -0.15) is 0 Å². The molecule has 0 atom stereocenters. The number of halogens is 2. The molecule has 0 N–H and O–H groups in total. The standard InChI is InChI=1S/C4H10Cl2S2/c1-7(5)3-8(2,6)4-7/h3-4H2,1-2H3. The van der Waals surface area contributed by atoms with Crippen molar-refractivity contribution in [3.63, 3.8) is 0 Å². The Morgan fingerprint density at radius 2 is 1.25 bits per heavy atom. The molecule has 1 saturated heterocycles. The van der Waals surface area contributed by atoms with E-state index in [0.29, 0.717) is 0 Å². The quantitative estimate of drug-likeness (QED) is 0.554. The molecule has 1 aliphatic heterocycles. The fourth-order valence-corrected chi connectivity index (χ4v) is 16.8. The minimum Gasteiger partial charge on any atom is -0.148 e. The van der Waals surface area contributed by atoms with Crippen LogP contribution in [0.25, 0.3) is 0 Å². The van der Waals surface area contributed by atoms with E-state index in [0.717, 1.165) is 10.2 Å². The van der Waals surface area contributed by atoms with Gasteiger partial charge in [0, 0.05) is 10.2 Å². The second-order valence-electron chi connectivity index (χ2n) is 2.54. The van der Waals surface area contributed by atoms with Gasteiger partial charge in [0.1, 0.15) is 0 Å². The molecule has 1 rings (SSSR count). The fraction of sp³-hybridized carbons (Fsp3) is 1.00. The van der Waals surface area contributed by atoms with Gasteiger partial charge in [-0.3, -0.25) is 0 Å². The van der Waals surface area contributed by atoms with Crippen LogP contribution in [0.1, 0.15) is 0 Å². The first-order chi connectivity index (χ1) is 3.41. The van der Waals surface area contributed by atoms with Crippen LogP contribution in [0.5, 0.6) is 0 Å². The number of hydrogen-bond donors (Lipinski definition) is 0. The molecule has 0 nitrogen and oxygen atoms in total. The van der Waals surface area contributed by atoms with Gasteiger partial charge in [-0.05, 0) is 12.5 Å². The first-order valence-corrected chi connectivity index (χ1v) is 8.69. The minimum atomic E-state index is -0.712. The molecule has 0 bridgehead atoms. The highest BCUT2D eigenvalue weighted by atomic mass is 35.7. The summed E-state index contributed by atoms with van der Waals surface area (Å²) < 4.78 is 0. The van der Waals surface area contributed by atoms with E-state index in [1.165, 1.54) is 0 Å². The Balaban J connectivity index is 2.42. The SMILES string of the molecule is CS1(Cl)CS(C)(Cl)C1. The maximum atomic E-state index is 6.01. The van der Waals surface area contributed by atoms with Gasteiger partial charge < -0.3 is 0 Å². The highest BCUT2D eigenvalue weighted by molar-refractivity contribution is 8.77. The van der Waals surface area contributed by atoms with Crippen molar-refractivity contribution in [3.8, 4) is 0 Å². The topological polar surface area (TPSA) is 0 Å². The number of hydrogen-bond acceptors (Lipinski definition) is 0. The van der Waals surface area contributed by atoms with E-state index in [9.17, 15) is 0 Å². The van der Waals surface area contributed by atoms with Crippen molar-refractivity contribution >= 4 is 39.8 Å². The predicted octanol–water partition coefficient (Wildman–Crippen LogP) is 3.09. The first kappa shape index (κ1) is 7.39. The Bertz CT molecular complexity index is 88.6. The average Bonchev–Trinajstić information content (AvgIpc) is 1.20. The van der Waals surface area contributed by atoms with E-state index >= 15 is 0 Å². The molecule has 8 heavy (non-hydrogen) atoms. The third kappa shape index (κ3) is 1.63. The monoisotopic (exact) mass is 192 g/mol. The van der Waals surface area contributed by atoms with Gasteiger partial charge >= 0.3 is 0 Å². The normalized spacial score (nSPS) is 71.5. The van der Waals surface area contributed by atoms with Gasteiger partial charge in [0.05, 0.1) is 0 Å². The molecular weight excluding hydrogens is 183 g/mol. The largest absolute Gasteiger partial charge is 0.148 e. The highest BCUT2D eigenvalue weighted by Crippen LogP contribution is 2.80. The van der Waals surface area contributed by atoms with E-state index in [4.69, 9.17) is 21.4 Å². The van der Waals surface area contributed by atoms with Crippen molar-refractivity contribution in [1.29, 1.82) is 0 Å². The lowest BCUT2D eigenvalue weighted by Crippen LogP contribution is -2.20. The zero-order valence-electron chi connectivity index (χ0n) is 4.99. The third-order valence-electron chi connectivity index (χ3n) is 0.983. The van der Waals surface area contributed by atoms with E-state index < -0.39 is 18.5 Å². The lowest BCUT2D eigenvalue weighted by molar-refractivity contribution is 1.85. The van der Waals surface area contributed by atoms with Crippen LogP contribution < -0.4 is 0 Å². The maximum absolute atomic E-state index is 6.01. The molecule has 0 aliphatic carbocycles. The summed E-state index contributed by atoms with van der Waals surface area (Å²) in [5.74, 6) is 0. The molecule has 0 saturated carbocycles. The molecule has 1 heterocycles. The van der Waals surface area contributed by atoms with Crippen LogP contribution in [0, 0.1) is 0 Å². The zero-order chi connectivity index (χ0) is 6.41. The average molecular weight is 193 g/mol. The van der Waals surface area contributed by atoms with Crippen LogP contribution in [0.2, 0.25) is 0 Å². The molecule has 0 amide bonds. The Labute approximate surface area is 62.6 Å². The Morgan fingerprint density at radius 3 is 1.25 bits per heavy atom. The van der Waals surface area contributed by atoms with Crippen LogP contribution in [0.15, 0.2) is 0 Å². The fourth-order valence-electron chi connectivity index (χ4n) is 0.990. The summed E-state index contributed by atoms with van der Waals surface area (Å²) in [5.41, 5.74) is 0. The third-order valence-corrected chi connectivity index (χ3v) is 12.1. The predicted molar refractivity (Wildman–Crippen MR) is 48.5 cm³/mol. The smallest absolute Gasteiger partial charge is 0.0335 e. The molecule has 1 fully saturated rings. The van der Waals surface area contributed by atoms with Crippen molar-refractivity contribution in [2.75, 3.05) is 22.7 Å². The van der Waals surface area contributed by atoms with Crippen LogP contribution >= 0.6 is 39.8 Å². The van der Waals surface area contributed by atoms with E-state index in [2.05, 4.69) is 12.5 Å². The summed E-state index contributed by atoms with van der Waals surface area (Å²) in [6.45, 7) is 0. The van der Waals surface area contributed by atoms with Crippen molar-refractivity contribution < 1.29 is 0 Å². The summed E-state index contributed by atoms with van der Waals surface area (Å²) in [6, 6.07) is 0. The van der Waals surface area contributed by atoms with Crippen LogP contribution in [-0.2, 0) is 0 Å². The molecule has 0 aromatic carbocycles. The molecule has 4 heteroatoms. The molecule has 0 aromatic rings. The zero-order valence-corrected chi connectivity index (χ0v) is 8.13. The Morgan fingerprint density at radius 1 is 1.00 bits per heavy atom. The summed E-state index contributed by atoms with van der Waals surface area (Å²) in [5, 5.41) is 2.20. The van der Waals surface area contributed by atoms with Gasteiger partial charge in [0.15, 0.2) is 0 Å². The van der Waals surface area contributed by atoms with Crippen LogP contribution in [0.3, 0.4) is 0 Å². The van der Waals surface area contributed by atoms with Crippen molar-refractivity contribution in [2.24, 2.45) is 0 Å². The van der Waals surface area contributed by atoms with E-state index in [-0.39, 0.29) is 0 Å². The molecule has 0 aromatic heterocycles. The van der Waals surface area contributed by atoms with Gasteiger partial charge in [-0.25, -0.2) is 0 Å². The molecule has 52 valence electrons. The van der Waals surface area contributed by atoms with Crippen LogP contribution in [0.4, 0.5) is 0 Å². The summed E-state index contributed by atoms with van der Waals surface area (Å²) >= 11 is 0. The summed E-state index contributed by atoms with van der Waals surface area (Å²) in [7, 11) is 10.6. The van der Waals surface area contributed by atoms with Gasteiger partial charge in [0.2, 0.25) is 0 Å². The minimum absolute atomic E-state index is 0.712. The molecule has 0 unspecified atom stereocenters. The first-order valence-electron chi connectivity index (χ1n) is 2.28. The Kier molecular flexibility index (Phi) is 1.74. The van der Waals surface area contributed by atoms with Gasteiger partial charge in [-0.15, -0.1) is 18.5 Å². The molecule has 1 aliphatic rings. The van der Waals surface area contributed by atoms with E-state index in [1.807, 2.05) is 0 Å². The maximum Gasteiger partial charge on any atom is 0.0335 e. The van der Waals surface area contributed by atoms with Crippen molar-refractivity contribution in [3.05, 3.63) is 0 Å². The van der Waals surface area contributed by atoms with Crippen LogP contribution in [-0.4, -0.2) is 22.7 Å². The molecular formula is C4H10Cl2S2. The summed E-state index contributed by atoms with van der Waals surface area (Å²) in [4.78, 5) is 0. The van der Waals surface area contributed by atoms with Crippen molar-refractivity contribution in [1.82, 2.24) is 0 Å². The van der Waals surface area contributed by atoms with Gasteiger partial charge in [0.25, 0.3) is 0 Å². The Hall–Kier alpha value is 1.28. The lowest BCUT2D eigenvalue weighted by Gasteiger charge is -2.52. The van der Waals surface area contributed by atoms with Crippen molar-refractivity contribution in [2.45, 2.75) is 0 Å². The molecule has 0 radical (unpaired) electrons. The second-order valence-corrected chi connectivity index (χ2v) is 13.5. The summed E-state index contributed by atoms with van der Waals surface area (Å²) in [6.07, 6.45) is 4.26. The highest BCUT2D eigenvalue weighted by Gasteiger charge is 2.38.